The molecule has 2 aromatic carbocycles. The first-order valence-corrected chi connectivity index (χ1v) is 15.9. The maximum Gasteiger partial charge on any atom is 0.332 e. The highest BCUT2D eigenvalue weighted by atomic mass is 16.2. The third-order valence-electron chi connectivity index (χ3n) is 8.85. The van der Waals surface area contributed by atoms with Crippen LogP contribution in [-0.2, 0) is 24.3 Å². The number of carbonyl (C=O) groups is 2. The largest absolute Gasteiger partial charge is 0.341 e. The molecule has 4 heterocycles. The fraction of sp³-hybridized carbons (Fsp3) is 0.400. The quantitative estimate of drug-likeness (QED) is 0.247. The number of nitrogens with one attached hydrogen (secondary N) is 1. The van der Waals surface area contributed by atoms with Gasteiger partial charge in [0.2, 0.25) is 11.9 Å². The van der Waals surface area contributed by atoms with Crippen LogP contribution in [0.4, 0.5) is 16.6 Å². The third kappa shape index (κ3) is 6.40. The molecule has 0 radical (unpaired) electrons. The predicted octanol–water partition coefficient (Wildman–Crippen LogP) is 5.24. The lowest BCUT2D eigenvalue weighted by molar-refractivity contribution is -0.127. The van der Waals surface area contributed by atoms with E-state index in [-0.39, 0.29) is 18.9 Å². The highest BCUT2D eigenvalue weighted by Crippen LogP contribution is 2.33. The van der Waals surface area contributed by atoms with E-state index in [0.29, 0.717) is 35.4 Å². The predicted molar refractivity (Wildman–Crippen MR) is 175 cm³/mol. The molecule has 3 amide bonds. The van der Waals surface area contributed by atoms with Crippen molar-refractivity contribution in [1.82, 2.24) is 24.8 Å². The number of piperidine rings is 1. The third-order valence-corrected chi connectivity index (χ3v) is 8.85. The van der Waals surface area contributed by atoms with Crippen LogP contribution in [0.2, 0.25) is 0 Å². The van der Waals surface area contributed by atoms with Crippen LogP contribution in [0.25, 0.3) is 10.9 Å². The Balaban J connectivity index is 1.33. The molecule has 2 aromatic heterocycles. The Morgan fingerprint density at radius 2 is 1.82 bits per heavy atom. The lowest BCUT2D eigenvalue weighted by Gasteiger charge is -2.34. The maximum atomic E-state index is 13.9. The number of amides is 3. The smallest absolute Gasteiger partial charge is 0.332 e. The van der Waals surface area contributed by atoms with Crippen LogP contribution in [0.3, 0.4) is 0 Å². The average Bonchev–Trinajstić information content (AvgIpc) is 3.38. The Labute approximate surface area is 264 Å². The van der Waals surface area contributed by atoms with Crippen LogP contribution in [0, 0.1) is 11.3 Å². The Hall–Kier alpha value is -4.75. The number of para-hydroxylation sites is 1. The van der Waals surface area contributed by atoms with Gasteiger partial charge in [0.05, 0.1) is 48.0 Å². The average molecular weight is 605 g/mol. The normalized spacial score (nSPS) is 17.0. The molecule has 0 unspecified atom stereocenters. The van der Waals surface area contributed by atoms with Crippen molar-refractivity contribution in [3.63, 3.8) is 0 Å². The molecule has 4 aromatic rings. The standard InChI is InChI=1S/C35H40N8O2/c1-3-4-9-18-37-28-14-10-19-41(23-28)34-39-33-31(42(34)22-27-13-6-5-12-26(27)21-36)20-32(44)43(35(45)40(33)2)24-29-17-16-25-11-7-8-15-30(25)38-29/h5-8,11-13,15-17,28,37H,3-4,9-10,14,18-20,22-24H2,1-2H3/t28-/m1/s1. The van der Waals surface area contributed by atoms with E-state index in [0.717, 1.165) is 61.3 Å². The zero-order chi connectivity index (χ0) is 31.3. The highest BCUT2D eigenvalue weighted by Gasteiger charge is 2.37. The number of rotatable bonds is 10. The summed E-state index contributed by atoms with van der Waals surface area (Å²) in [7, 11) is 1.68. The maximum absolute atomic E-state index is 13.9. The first-order chi connectivity index (χ1) is 22.0. The minimum Gasteiger partial charge on any atom is -0.341 e. The molecule has 0 aliphatic carbocycles. The van der Waals surface area contributed by atoms with Gasteiger partial charge in [0.1, 0.15) is 0 Å². The number of nitriles is 1. The summed E-state index contributed by atoms with van der Waals surface area (Å²) in [6, 6.07) is 21.3. The molecule has 0 spiro atoms. The molecule has 232 valence electrons. The van der Waals surface area contributed by atoms with E-state index in [9.17, 15) is 14.9 Å². The molecule has 0 saturated carbocycles. The second-order valence-corrected chi connectivity index (χ2v) is 12.0. The molecule has 6 rings (SSSR count). The van der Waals surface area contributed by atoms with Crippen LogP contribution >= 0.6 is 0 Å². The van der Waals surface area contributed by atoms with Crippen LogP contribution in [-0.4, -0.2) is 64.1 Å². The van der Waals surface area contributed by atoms with Gasteiger partial charge in [-0.25, -0.2) is 4.79 Å². The number of pyridine rings is 1. The van der Waals surface area contributed by atoms with Gasteiger partial charge in [0.25, 0.3) is 0 Å². The number of urea groups is 1. The number of imide groups is 1. The topological polar surface area (TPSA) is 110 Å². The van der Waals surface area contributed by atoms with Crippen molar-refractivity contribution in [1.29, 1.82) is 5.26 Å². The first kappa shape index (κ1) is 30.3. The van der Waals surface area contributed by atoms with Gasteiger partial charge >= 0.3 is 6.03 Å². The van der Waals surface area contributed by atoms with Crippen LogP contribution < -0.4 is 15.1 Å². The number of imidazole rings is 1. The lowest BCUT2D eigenvalue weighted by atomic mass is 10.1. The summed E-state index contributed by atoms with van der Waals surface area (Å²) in [4.78, 5) is 42.5. The van der Waals surface area contributed by atoms with Gasteiger partial charge in [0, 0.05) is 31.6 Å². The van der Waals surface area contributed by atoms with E-state index < -0.39 is 6.03 Å². The van der Waals surface area contributed by atoms with Gasteiger partial charge in [-0.15, -0.1) is 0 Å². The Morgan fingerprint density at radius 3 is 2.67 bits per heavy atom. The molecule has 2 aliphatic heterocycles. The number of hydrogen-bond acceptors (Lipinski definition) is 7. The second-order valence-electron chi connectivity index (χ2n) is 12.0. The molecule has 1 fully saturated rings. The van der Waals surface area contributed by atoms with Gasteiger partial charge in [-0.3, -0.25) is 19.6 Å². The number of aromatic nitrogens is 3. The summed E-state index contributed by atoms with van der Waals surface area (Å²) in [5, 5.41) is 14.6. The summed E-state index contributed by atoms with van der Waals surface area (Å²) >= 11 is 0. The summed E-state index contributed by atoms with van der Waals surface area (Å²) < 4.78 is 2.05. The molecule has 1 saturated heterocycles. The van der Waals surface area contributed by atoms with Crippen molar-refractivity contribution >= 4 is 34.6 Å². The molecule has 1 N–H and O–H groups in total. The van der Waals surface area contributed by atoms with E-state index in [1.807, 2.05) is 59.2 Å². The number of benzene rings is 2. The van der Waals surface area contributed by atoms with Crippen molar-refractivity contribution in [2.75, 3.05) is 36.5 Å². The zero-order valence-corrected chi connectivity index (χ0v) is 26.1. The molecule has 10 heteroatoms. The lowest BCUT2D eigenvalue weighted by Crippen LogP contribution is -2.47. The molecule has 0 bridgehead atoms. The number of nitrogens with zero attached hydrogens (tertiary/aromatic N) is 7. The number of unbranched alkanes of at least 4 members (excludes halogenated alkanes) is 2. The van der Waals surface area contributed by atoms with Gasteiger partial charge in [-0.05, 0) is 49.6 Å². The summed E-state index contributed by atoms with van der Waals surface area (Å²) in [6.45, 7) is 5.25. The van der Waals surface area contributed by atoms with Crippen LogP contribution in [0.15, 0.2) is 60.7 Å². The van der Waals surface area contributed by atoms with Crippen molar-refractivity contribution < 1.29 is 9.59 Å². The fourth-order valence-corrected chi connectivity index (χ4v) is 6.39. The van der Waals surface area contributed by atoms with Crippen LogP contribution in [0.1, 0.15) is 61.5 Å². The Bertz CT molecular complexity index is 1740. The minimum atomic E-state index is -0.434. The van der Waals surface area contributed by atoms with Gasteiger partial charge in [-0.2, -0.15) is 10.2 Å². The van der Waals surface area contributed by atoms with Crippen molar-refractivity contribution in [2.24, 2.45) is 0 Å². The SMILES string of the molecule is CCCCCN[C@@H]1CCCN(c2nc3c(n2Cc2ccccc2C#N)CC(=O)N(Cc2ccc4ccccc4n2)C(=O)N3C)C1. The Morgan fingerprint density at radius 1 is 1.00 bits per heavy atom. The van der Waals surface area contributed by atoms with Gasteiger partial charge < -0.3 is 14.8 Å². The summed E-state index contributed by atoms with van der Waals surface area (Å²) in [5.74, 6) is 0.894. The number of fused-ring (bicyclic) bond motifs is 2. The molecule has 1 atom stereocenters. The van der Waals surface area contributed by atoms with E-state index in [1.165, 1.54) is 22.6 Å². The number of anilines is 2. The monoisotopic (exact) mass is 604 g/mol. The second kappa shape index (κ2) is 13.5. The van der Waals surface area contributed by atoms with Crippen LogP contribution in [0.5, 0.6) is 0 Å². The number of hydrogen-bond donors (Lipinski definition) is 1. The molecule has 2 aliphatic rings. The van der Waals surface area contributed by atoms with E-state index in [4.69, 9.17) is 9.97 Å². The molecule has 45 heavy (non-hydrogen) atoms. The van der Waals surface area contributed by atoms with Gasteiger partial charge in [-0.1, -0.05) is 62.2 Å². The highest BCUT2D eigenvalue weighted by molar-refractivity contribution is 6.05. The molecular weight excluding hydrogens is 564 g/mol. The van der Waals surface area contributed by atoms with E-state index >= 15 is 0 Å². The molecule has 10 nitrogen and oxygen atoms in total. The summed E-state index contributed by atoms with van der Waals surface area (Å²) in [6.07, 6.45) is 5.66. The number of carbonyl (C=O) groups excluding carboxylic acids is 2. The van der Waals surface area contributed by atoms with E-state index in [2.05, 4.69) is 23.2 Å². The first-order valence-electron chi connectivity index (χ1n) is 15.9. The fourth-order valence-electron chi connectivity index (χ4n) is 6.39. The van der Waals surface area contributed by atoms with Crippen molar-refractivity contribution in [3.8, 4) is 6.07 Å². The summed E-state index contributed by atoms with van der Waals surface area (Å²) in [5.41, 5.74) is 3.55. The minimum absolute atomic E-state index is 0.00719. The van der Waals surface area contributed by atoms with Crippen molar-refractivity contribution in [2.45, 2.75) is 64.6 Å². The van der Waals surface area contributed by atoms with Crippen molar-refractivity contribution in [3.05, 3.63) is 83.2 Å². The molecular formula is C35H40N8O2. The van der Waals surface area contributed by atoms with Gasteiger partial charge in [0.15, 0.2) is 5.82 Å². The zero-order valence-electron chi connectivity index (χ0n) is 26.1. The van der Waals surface area contributed by atoms with E-state index in [1.54, 1.807) is 13.1 Å². The Kier molecular flexibility index (Phi) is 9.08.